The molecule has 2 atom stereocenters. The van der Waals surface area contributed by atoms with E-state index in [-0.39, 0.29) is 31.0 Å². The van der Waals surface area contributed by atoms with Crippen LogP contribution < -0.4 is 15.5 Å². The molecule has 3 N–H and O–H groups in total. The van der Waals surface area contributed by atoms with Crippen molar-refractivity contribution in [2.75, 3.05) is 44.1 Å². The van der Waals surface area contributed by atoms with Gasteiger partial charge in [0.05, 0.1) is 35.3 Å². The van der Waals surface area contributed by atoms with E-state index in [1.54, 1.807) is 25.3 Å². The van der Waals surface area contributed by atoms with Crippen LogP contribution in [0.2, 0.25) is 5.02 Å². The van der Waals surface area contributed by atoms with Gasteiger partial charge in [-0.3, -0.25) is 9.59 Å². The molecule has 0 aliphatic carbocycles. The summed E-state index contributed by atoms with van der Waals surface area (Å²) >= 11 is 6.47. The van der Waals surface area contributed by atoms with Gasteiger partial charge in [-0.25, -0.2) is 15.0 Å². The zero-order chi connectivity index (χ0) is 29.1. The monoisotopic (exact) mass is 579 g/mol. The Morgan fingerprint density at radius 3 is 2.73 bits per heavy atom. The summed E-state index contributed by atoms with van der Waals surface area (Å²) in [6, 6.07) is 9.66. The Hall–Kier alpha value is -3.80. The van der Waals surface area contributed by atoms with Crippen LogP contribution in [0, 0.1) is 0 Å². The van der Waals surface area contributed by atoms with E-state index in [9.17, 15) is 14.7 Å². The minimum atomic E-state index is -0.776. The summed E-state index contributed by atoms with van der Waals surface area (Å²) in [7, 11) is 3.73. The second kappa shape index (κ2) is 12.4. The number of rotatable bonds is 9. The van der Waals surface area contributed by atoms with Gasteiger partial charge in [-0.1, -0.05) is 29.8 Å². The lowest BCUT2D eigenvalue weighted by Crippen LogP contribution is -2.47. The van der Waals surface area contributed by atoms with Crippen molar-refractivity contribution in [2.45, 2.75) is 44.4 Å². The third kappa shape index (κ3) is 6.27. The standard InChI is InChI=1S/C29H34ClN7O4/c1-17(27(39)34-24(16-38)23-5-4-6-25(33-23)36(2)3)37-15-19-8-7-18(13-21(19)28(37)40)26-22(30)14-31-29(35-26)32-20-9-11-41-12-10-20/h4-8,13-14,17,20,24,38H,9-12,15-16H2,1-3H3,(H,34,39)(H,31,32,35). The average molecular weight is 580 g/mol. The second-order valence-electron chi connectivity index (χ2n) is 10.5. The van der Waals surface area contributed by atoms with Gasteiger partial charge in [-0.05, 0) is 43.5 Å². The quantitative estimate of drug-likeness (QED) is 0.350. The summed E-state index contributed by atoms with van der Waals surface area (Å²) in [5.41, 5.74) is 3.05. The molecule has 0 bridgehead atoms. The molecule has 216 valence electrons. The van der Waals surface area contributed by atoms with Crippen LogP contribution in [-0.4, -0.2) is 82.8 Å². The van der Waals surface area contributed by atoms with E-state index < -0.39 is 12.1 Å². The highest BCUT2D eigenvalue weighted by Gasteiger charge is 2.35. The number of nitrogens with zero attached hydrogens (tertiary/aromatic N) is 5. The number of hydrogen-bond donors (Lipinski definition) is 3. The van der Waals surface area contributed by atoms with Crippen molar-refractivity contribution in [1.29, 1.82) is 0 Å². The third-order valence-electron chi connectivity index (χ3n) is 7.43. The summed E-state index contributed by atoms with van der Waals surface area (Å²) in [5, 5.41) is 16.6. The summed E-state index contributed by atoms with van der Waals surface area (Å²) in [5.74, 6) is 0.535. The smallest absolute Gasteiger partial charge is 0.255 e. The normalized spacial score (nSPS) is 16.7. The van der Waals surface area contributed by atoms with E-state index in [1.807, 2.05) is 43.3 Å². The van der Waals surface area contributed by atoms with Crippen molar-refractivity contribution in [3.8, 4) is 11.3 Å². The Morgan fingerprint density at radius 1 is 1.22 bits per heavy atom. The van der Waals surface area contributed by atoms with Crippen LogP contribution in [0.5, 0.6) is 0 Å². The molecule has 5 rings (SSSR count). The lowest BCUT2D eigenvalue weighted by molar-refractivity contribution is -0.126. The number of carbonyl (C=O) groups is 2. The van der Waals surface area contributed by atoms with Gasteiger partial charge in [-0.2, -0.15) is 0 Å². The van der Waals surface area contributed by atoms with Crippen molar-refractivity contribution in [1.82, 2.24) is 25.2 Å². The predicted octanol–water partition coefficient (Wildman–Crippen LogP) is 3.04. The summed E-state index contributed by atoms with van der Waals surface area (Å²) in [6.07, 6.45) is 3.29. The molecule has 1 fully saturated rings. The van der Waals surface area contributed by atoms with Crippen LogP contribution >= 0.6 is 11.6 Å². The first-order valence-corrected chi connectivity index (χ1v) is 14.0. The zero-order valence-electron chi connectivity index (χ0n) is 23.3. The molecule has 1 saturated heterocycles. The van der Waals surface area contributed by atoms with Crippen LogP contribution in [-0.2, 0) is 16.1 Å². The molecular weight excluding hydrogens is 546 g/mol. The van der Waals surface area contributed by atoms with E-state index in [1.165, 1.54) is 4.90 Å². The molecule has 11 nitrogen and oxygen atoms in total. The van der Waals surface area contributed by atoms with Crippen LogP contribution in [0.1, 0.15) is 47.4 Å². The molecule has 2 aliphatic rings. The molecule has 0 saturated carbocycles. The number of amides is 2. The van der Waals surface area contributed by atoms with Crippen LogP contribution in [0.15, 0.2) is 42.6 Å². The highest BCUT2D eigenvalue weighted by Crippen LogP contribution is 2.32. The van der Waals surface area contributed by atoms with Crippen LogP contribution in [0.4, 0.5) is 11.8 Å². The maximum Gasteiger partial charge on any atom is 0.255 e. The molecule has 3 aromatic rings. The summed E-state index contributed by atoms with van der Waals surface area (Å²) in [6.45, 7) is 3.02. The molecule has 41 heavy (non-hydrogen) atoms. The summed E-state index contributed by atoms with van der Waals surface area (Å²) in [4.78, 5) is 43.5. The van der Waals surface area contributed by atoms with Crippen molar-refractivity contribution in [2.24, 2.45) is 0 Å². The van der Waals surface area contributed by atoms with Gasteiger partial charge in [0.1, 0.15) is 11.9 Å². The molecule has 0 spiro atoms. The molecule has 12 heteroatoms. The maximum absolute atomic E-state index is 13.5. The SMILES string of the molecule is CC(C(=O)NC(CO)c1cccc(N(C)C)n1)N1Cc2ccc(-c3nc(NC4CCOCC4)ncc3Cl)cc2C1=O. The first-order chi connectivity index (χ1) is 19.7. The van der Waals surface area contributed by atoms with Gasteiger partial charge in [-0.15, -0.1) is 0 Å². The Kier molecular flexibility index (Phi) is 8.67. The topological polar surface area (TPSA) is 133 Å². The molecule has 2 aromatic heterocycles. The molecule has 2 unspecified atom stereocenters. The first kappa shape index (κ1) is 28.7. The fourth-order valence-electron chi connectivity index (χ4n) is 4.98. The van der Waals surface area contributed by atoms with Crippen molar-refractivity contribution in [3.63, 3.8) is 0 Å². The summed E-state index contributed by atoms with van der Waals surface area (Å²) < 4.78 is 5.42. The fourth-order valence-corrected chi connectivity index (χ4v) is 5.18. The molecule has 1 aromatic carbocycles. The number of benzene rings is 1. The fraction of sp³-hybridized carbons (Fsp3) is 0.414. The number of aromatic nitrogens is 3. The predicted molar refractivity (Wildman–Crippen MR) is 156 cm³/mol. The number of carbonyl (C=O) groups excluding carboxylic acids is 2. The lowest BCUT2D eigenvalue weighted by Gasteiger charge is -2.26. The average Bonchev–Trinajstić information content (AvgIpc) is 3.32. The Morgan fingerprint density at radius 2 is 2.00 bits per heavy atom. The number of pyridine rings is 1. The number of halogens is 1. The molecule has 0 radical (unpaired) electrons. The van der Waals surface area contributed by atoms with Crippen molar-refractivity contribution in [3.05, 3.63) is 64.4 Å². The van der Waals surface area contributed by atoms with Crippen molar-refractivity contribution >= 4 is 35.2 Å². The van der Waals surface area contributed by atoms with Gasteiger partial charge >= 0.3 is 0 Å². The number of ether oxygens (including phenoxy) is 1. The Labute approximate surface area is 243 Å². The Balaban J connectivity index is 1.30. The molecule has 2 aliphatic heterocycles. The van der Waals surface area contributed by atoms with E-state index in [4.69, 9.17) is 16.3 Å². The number of aliphatic hydroxyl groups is 1. The number of hydrogen-bond acceptors (Lipinski definition) is 9. The largest absolute Gasteiger partial charge is 0.394 e. The highest BCUT2D eigenvalue weighted by molar-refractivity contribution is 6.33. The van der Waals surface area contributed by atoms with Gasteiger partial charge < -0.3 is 30.3 Å². The number of anilines is 2. The van der Waals surface area contributed by atoms with Gasteiger partial charge in [0, 0.05) is 51.0 Å². The minimum Gasteiger partial charge on any atom is -0.394 e. The van der Waals surface area contributed by atoms with E-state index in [0.29, 0.717) is 52.5 Å². The van der Waals surface area contributed by atoms with E-state index >= 15 is 0 Å². The number of nitrogens with one attached hydrogen (secondary N) is 2. The molecule has 4 heterocycles. The number of aliphatic hydroxyl groups excluding tert-OH is 1. The maximum atomic E-state index is 13.5. The van der Waals surface area contributed by atoms with Crippen LogP contribution in [0.3, 0.4) is 0 Å². The van der Waals surface area contributed by atoms with E-state index in [2.05, 4.69) is 25.6 Å². The number of fused-ring (bicyclic) bond motifs is 1. The Bertz CT molecular complexity index is 1430. The second-order valence-corrected chi connectivity index (χ2v) is 10.9. The van der Waals surface area contributed by atoms with Crippen LogP contribution in [0.25, 0.3) is 11.3 Å². The molecular formula is C29H34ClN7O4. The zero-order valence-corrected chi connectivity index (χ0v) is 24.1. The molecule has 2 amide bonds. The third-order valence-corrected chi connectivity index (χ3v) is 7.71. The van der Waals surface area contributed by atoms with E-state index in [0.717, 1.165) is 18.4 Å². The van der Waals surface area contributed by atoms with Crippen molar-refractivity contribution < 1.29 is 19.4 Å². The lowest BCUT2D eigenvalue weighted by atomic mass is 10.0. The van der Waals surface area contributed by atoms with Gasteiger partial charge in [0.15, 0.2) is 0 Å². The minimum absolute atomic E-state index is 0.221. The van der Waals surface area contributed by atoms with Gasteiger partial charge in [0.25, 0.3) is 5.91 Å². The van der Waals surface area contributed by atoms with Gasteiger partial charge in [0.2, 0.25) is 11.9 Å². The first-order valence-electron chi connectivity index (χ1n) is 13.6. The highest BCUT2D eigenvalue weighted by atomic mass is 35.5.